The highest BCUT2D eigenvalue weighted by Crippen LogP contribution is 2.56. The Hall–Kier alpha value is -11.8. The number of aromatic nitrogens is 18. The second-order valence-electron chi connectivity index (χ2n) is 32.9. The van der Waals surface area contributed by atoms with E-state index < -0.39 is 272 Å². The molecule has 72 heteroatoms. The normalized spacial score (nSPS) is 29.4. The Kier molecular flexibility index (Phi) is 31.5. The lowest BCUT2D eigenvalue weighted by Crippen LogP contribution is -2.39. The average Bonchev–Trinajstić information content (AvgIpc) is 1.62. The number of imidazole rings is 3. The van der Waals surface area contributed by atoms with E-state index in [1.807, 2.05) is 0 Å². The maximum Gasteiger partial charge on any atom is 0.472 e. The van der Waals surface area contributed by atoms with E-state index in [1.165, 1.54) is 6.07 Å². The quantitative estimate of drug-likeness (QED) is 0.00961. The SMILES string of the molecule is Nc1ccn([C@@H]2O[C@H](COP(=O)(O)O[C@H]3[C@@H](O)[C@H](n4ccc(N)nc4=O)O[C@@H]3COP(=O)(O)O[C@H]3[C@@H](O)[C@H](n4ccc(N)nc4=O)O[C@@H]3COP(=O)(O)OCCOc3ccc(/C=C/c4ccc(OCCO[C@H]5[C@@H](O)[C@H](n6cnc7c(=O)[nH]c(N)nc76)O[C@@H]5COP(=O)(O)O[C@H]5[C@@H](O)[C@H](n6cnc7c(=O)[nH]c(N)nc76)O[C@@H]5COP(=O)(O)O[C@H]5[C@@H](O)[C@H](n6cnc7c(=O)[nH]c(N)nc76)O[C@@H]5CO)cc4)cc3)[C@@H](O)[C@H]2O)c(=O)n1. The van der Waals surface area contributed by atoms with Gasteiger partial charge < -0.3 is 142 Å². The molecule has 6 saturated heterocycles. The monoisotopic (exact) mass is 2170 g/mol. The molecule has 0 aliphatic carbocycles. The van der Waals surface area contributed by atoms with Gasteiger partial charge in [0.1, 0.15) is 152 Å². The van der Waals surface area contributed by atoms with E-state index in [0.29, 0.717) is 26.0 Å². The summed E-state index contributed by atoms with van der Waals surface area (Å²) in [6.07, 6.45) is -35.2. The fourth-order valence-corrected chi connectivity index (χ4v) is 20.9. The van der Waals surface area contributed by atoms with E-state index in [0.717, 1.165) is 68.0 Å². The summed E-state index contributed by atoms with van der Waals surface area (Å²) in [5.41, 5.74) is 28.4. The molecule has 0 saturated carbocycles. The smallest absolute Gasteiger partial charge is 0.472 e. The van der Waals surface area contributed by atoms with Crippen LogP contribution in [0.5, 0.6) is 11.5 Å². The number of hydrogen-bond donors (Lipinski definition) is 22. The van der Waals surface area contributed by atoms with Crippen LogP contribution in [-0.2, 0) is 101 Å². The van der Waals surface area contributed by atoms with Gasteiger partial charge in [-0.2, -0.15) is 29.9 Å². The number of anilines is 6. The van der Waals surface area contributed by atoms with Crippen LogP contribution in [0.1, 0.15) is 48.5 Å². The Morgan fingerprint density at radius 1 is 0.333 bits per heavy atom. The Bertz CT molecular complexity index is 7330. The third kappa shape index (κ3) is 23.8. The van der Waals surface area contributed by atoms with Crippen molar-refractivity contribution in [1.29, 1.82) is 0 Å². The van der Waals surface area contributed by atoms with Gasteiger partial charge in [-0.15, -0.1) is 0 Å². The van der Waals surface area contributed by atoms with Gasteiger partial charge >= 0.3 is 56.2 Å². The van der Waals surface area contributed by atoms with Gasteiger partial charge in [0.05, 0.1) is 71.8 Å². The molecule has 0 bridgehead atoms. The van der Waals surface area contributed by atoms with Crippen molar-refractivity contribution in [3.05, 3.63) is 178 Å². The van der Waals surface area contributed by atoms with Crippen LogP contribution < -0.4 is 77.6 Å². The number of aromatic amines is 3. The van der Waals surface area contributed by atoms with Crippen molar-refractivity contribution < 1.29 is 176 Å². The molecule has 17 rings (SSSR count). The van der Waals surface area contributed by atoms with Crippen LogP contribution in [0, 0.1) is 0 Å². The largest absolute Gasteiger partial charge is 0.491 e. The highest BCUT2D eigenvalue weighted by atomic mass is 31.2. The van der Waals surface area contributed by atoms with E-state index in [1.54, 1.807) is 60.7 Å². The van der Waals surface area contributed by atoms with Crippen molar-refractivity contribution in [2.24, 2.45) is 0 Å². The number of benzene rings is 2. The molecule has 28 N–H and O–H groups in total. The number of rotatable bonds is 42. The van der Waals surface area contributed by atoms with Crippen molar-refractivity contribution in [2.45, 2.75) is 147 Å². The molecule has 147 heavy (non-hydrogen) atoms. The minimum Gasteiger partial charge on any atom is -0.491 e. The number of H-pyrrole nitrogens is 3. The number of ether oxygens (including phenoxy) is 9. The number of aliphatic hydroxyl groups is 8. The number of nitrogen functional groups attached to an aromatic ring is 6. The number of phosphoric ester groups is 5. The molecule has 6 aliphatic rings. The molecule has 2 aromatic carbocycles. The molecule has 5 unspecified atom stereocenters. The average molecular weight is 2170 g/mol. The lowest BCUT2D eigenvalue weighted by Gasteiger charge is -2.26. The first-order chi connectivity index (χ1) is 69.7. The van der Waals surface area contributed by atoms with E-state index >= 15 is 0 Å². The van der Waals surface area contributed by atoms with Gasteiger partial charge in [-0.3, -0.25) is 102 Å². The van der Waals surface area contributed by atoms with Crippen molar-refractivity contribution in [3.8, 4) is 11.5 Å². The summed E-state index contributed by atoms with van der Waals surface area (Å²) in [6, 6.07) is 16.4. The standard InChI is InChI=1S/C75H91N24O43P5/c76-40-11-14-94(73(111)85-40)64-47(102)46(101)35(134-64)22-129-144(116,117)140-56-38(137-66(51(56)106)96-16-13-42(78)87-75(96)113)25-132-147(122,123)141-55-37(136-65(50(55)105)95-15-12-41(77)86-74(95)112)24-128-143(114,115)127-20-19-125-33-9-5-31(6-10-33)2-1-30-3-7-32(8-4-30)124-17-18-126-53-36(135-67(48(53)103)97-27-82-43-58(97)88-70(79)91-61(43)108)23-130-146(120,121)142-57-39(138-69(52(57)107)99-29-84-45-60(99)90-72(81)93-63(45)110)26-131-145(118,119)139-54-34(21-100)133-68(49(54)104)98-28-83-44-59(98)89-71(80)92-62(44)109/h1-16,27-29,34-39,46-57,64-69,100-107H,17-26H2,(H,114,115)(H,116,117)(H,118,119)(H,120,121)(H,122,123)(H2,76,85,111)(H2,77,86,112)(H2,78,87,113)(H3,79,88,91,108)(H3,80,89,92,109)(H3,81,90,93,110)/b2-1+/t34-,35-,36-,37-,38-,39-,46-,47-,48-,49-,50-,51-,52-,53-,54-,55-,56-,57-,64-,65-,66-,67-,68-,69-/m1/s1. The van der Waals surface area contributed by atoms with Gasteiger partial charge in [-0.25, -0.2) is 52.2 Å². The van der Waals surface area contributed by atoms with Gasteiger partial charge in [0.2, 0.25) is 17.8 Å². The molecule has 6 aliphatic heterocycles. The summed E-state index contributed by atoms with van der Waals surface area (Å²) in [6.45, 7) is -8.18. The zero-order chi connectivity index (χ0) is 105. The summed E-state index contributed by atoms with van der Waals surface area (Å²) >= 11 is 0. The number of aliphatic hydroxyl groups excluding tert-OH is 8. The lowest BCUT2D eigenvalue weighted by molar-refractivity contribution is -0.0697. The molecule has 0 amide bonds. The fraction of sp³-hybridized carbons (Fsp3) is 0.453. The predicted molar refractivity (Wildman–Crippen MR) is 486 cm³/mol. The number of nitrogens with one attached hydrogen (secondary N) is 3. The van der Waals surface area contributed by atoms with Crippen LogP contribution in [0.3, 0.4) is 0 Å². The highest BCUT2D eigenvalue weighted by Gasteiger charge is 2.58. The first-order valence-corrected chi connectivity index (χ1v) is 50.7. The number of nitrogens with two attached hydrogens (primary N) is 6. The molecule has 67 nitrogen and oxygen atoms in total. The van der Waals surface area contributed by atoms with Crippen LogP contribution in [-0.4, -0.2) is 328 Å². The van der Waals surface area contributed by atoms with E-state index in [4.69, 9.17) is 122 Å². The number of phosphoric acid groups is 5. The predicted octanol–water partition coefficient (Wildman–Crippen LogP) is -6.29. The Morgan fingerprint density at radius 2 is 0.619 bits per heavy atom. The first kappa shape index (κ1) is 107. The second-order valence-corrected chi connectivity index (χ2v) is 40.0. The van der Waals surface area contributed by atoms with Gasteiger partial charge in [0.15, 0.2) is 70.9 Å². The molecule has 0 radical (unpaired) electrons. The molecule has 15 heterocycles. The minimum absolute atomic E-state index is 0.181. The Balaban J connectivity index is 0.491. The number of nitrogens with zero attached hydrogens (tertiary/aromatic N) is 15. The first-order valence-electron chi connectivity index (χ1n) is 43.3. The molecular formula is C75H91N24O43P5. The summed E-state index contributed by atoms with van der Waals surface area (Å²) in [7, 11) is -27.7. The zero-order valence-corrected chi connectivity index (χ0v) is 79.3. The molecule has 29 atom stereocenters. The van der Waals surface area contributed by atoms with Crippen molar-refractivity contribution in [3.63, 3.8) is 0 Å². The zero-order valence-electron chi connectivity index (χ0n) is 74.9. The van der Waals surface area contributed by atoms with Gasteiger partial charge in [0.25, 0.3) is 16.7 Å². The number of fused-ring (bicyclic) bond motifs is 3. The van der Waals surface area contributed by atoms with Gasteiger partial charge in [0, 0.05) is 18.6 Å². The van der Waals surface area contributed by atoms with Crippen LogP contribution in [0.15, 0.2) is 133 Å². The Labute approximate surface area is 817 Å². The summed E-state index contributed by atoms with van der Waals surface area (Å²) < 4.78 is 180. The lowest BCUT2D eigenvalue weighted by atomic mass is 10.1. The third-order valence-electron chi connectivity index (χ3n) is 23.1. The van der Waals surface area contributed by atoms with E-state index in [9.17, 15) is 117 Å². The molecule has 6 fully saturated rings. The van der Waals surface area contributed by atoms with Crippen molar-refractivity contribution >= 4 is 120 Å². The molecule has 0 spiro atoms. The molecule has 794 valence electrons. The van der Waals surface area contributed by atoms with Gasteiger partial charge in [-0.05, 0) is 53.6 Å². The van der Waals surface area contributed by atoms with Crippen molar-refractivity contribution in [1.82, 2.24) is 87.2 Å². The van der Waals surface area contributed by atoms with Crippen molar-refractivity contribution in [2.75, 3.05) is 100 Å². The summed E-state index contributed by atoms with van der Waals surface area (Å²) in [4.78, 5) is 175. The molecule has 11 aromatic rings. The minimum atomic E-state index is -5.73. The fourth-order valence-electron chi connectivity index (χ4n) is 16.3. The molecule has 9 aromatic heterocycles. The van der Waals surface area contributed by atoms with E-state index in [2.05, 4.69) is 59.8 Å². The summed E-state index contributed by atoms with van der Waals surface area (Å²) in [5.74, 6) is -1.36. The van der Waals surface area contributed by atoms with Gasteiger partial charge in [-0.1, -0.05) is 36.4 Å². The highest BCUT2D eigenvalue weighted by molar-refractivity contribution is 7.48. The maximum atomic E-state index is 14.4. The number of hydrogen-bond acceptors (Lipinski definition) is 53. The van der Waals surface area contributed by atoms with Crippen LogP contribution >= 0.6 is 39.1 Å². The topological polar surface area (TPSA) is 975 Å². The van der Waals surface area contributed by atoms with Crippen LogP contribution in [0.4, 0.5) is 35.3 Å². The Morgan fingerprint density at radius 3 is 0.959 bits per heavy atom. The van der Waals surface area contributed by atoms with E-state index in [-0.39, 0.29) is 88.4 Å². The maximum absolute atomic E-state index is 14.4. The van der Waals surface area contributed by atoms with Crippen LogP contribution in [0.25, 0.3) is 45.6 Å². The summed E-state index contributed by atoms with van der Waals surface area (Å²) in [5, 5.41) is 90.4. The third-order valence-corrected chi connectivity index (χ3v) is 28.1. The second kappa shape index (κ2) is 43.4. The molecular weight excluding hydrogens is 2080 g/mol. The van der Waals surface area contributed by atoms with Crippen LogP contribution in [0.2, 0.25) is 0 Å².